The second-order valence-electron chi connectivity index (χ2n) is 4.32. The van der Waals surface area contributed by atoms with Crippen LogP contribution in [-0.2, 0) is 0 Å². The molecule has 0 atom stereocenters. The van der Waals surface area contributed by atoms with Crippen LogP contribution in [0.2, 0.25) is 5.02 Å². The van der Waals surface area contributed by atoms with Crippen LogP contribution in [-0.4, -0.2) is 10.8 Å². The monoisotopic (exact) mass is 291 g/mol. The van der Waals surface area contributed by atoms with Gasteiger partial charge in [0, 0.05) is 22.7 Å². The summed E-state index contributed by atoms with van der Waals surface area (Å²) < 4.78 is 27.2. The minimum absolute atomic E-state index is 0.0633. The highest BCUT2D eigenvalue weighted by Gasteiger charge is 2.17. The molecule has 0 radical (unpaired) electrons. The first-order chi connectivity index (χ1) is 9.58. The Hall–Kier alpha value is -2.20. The number of benzene rings is 2. The molecule has 5 heteroatoms. The smallest absolute Gasteiger partial charge is 0.195 e. The molecule has 1 heterocycles. The molecule has 2 nitrogen and oxygen atoms in total. The lowest BCUT2D eigenvalue weighted by atomic mass is 10.0. The fourth-order valence-corrected chi connectivity index (χ4v) is 2.23. The number of rotatable bonds is 2. The standard InChI is InChI=1S/C15H8ClF2NO/c16-10-5-4-8(6-12(10)18)15(20)9-7-19-13-3-1-2-11(17)14(9)13/h1-7,19H. The molecule has 0 spiro atoms. The van der Waals surface area contributed by atoms with E-state index in [4.69, 9.17) is 11.6 Å². The van der Waals surface area contributed by atoms with Crippen molar-refractivity contribution in [3.63, 3.8) is 0 Å². The van der Waals surface area contributed by atoms with Crippen molar-refractivity contribution in [1.82, 2.24) is 4.98 Å². The molecule has 0 aliphatic heterocycles. The fourth-order valence-electron chi connectivity index (χ4n) is 2.11. The lowest BCUT2D eigenvalue weighted by molar-refractivity contribution is 0.103. The predicted octanol–water partition coefficient (Wildman–Crippen LogP) is 4.33. The molecule has 0 aliphatic carbocycles. The molecule has 2 aromatic carbocycles. The Bertz CT molecular complexity index is 826. The third kappa shape index (κ3) is 1.98. The summed E-state index contributed by atoms with van der Waals surface area (Å²) in [6.45, 7) is 0. The number of H-pyrrole nitrogens is 1. The summed E-state index contributed by atoms with van der Waals surface area (Å²) in [6.07, 6.45) is 1.42. The molecular formula is C15H8ClF2NO. The minimum Gasteiger partial charge on any atom is -0.360 e. The number of nitrogens with one attached hydrogen (secondary N) is 1. The Morgan fingerprint density at radius 1 is 1.10 bits per heavy atom. The van der Waals surface area contributed by atoms with Gasteiger partial charge in [-0.25, -0.2) is 8.78 Å². The Morgan fingerprint density at radius 2 is 1.90 bits per heavy atom. The molecule has 0 fully saturated rings. The molecule has 20 heavy (non-hydrogen) atoms. The summed E-state index contributed by atoms with van der Waals surface area (Å²) in [5, 5.41) is 0.138. The van der Waals surface area contributed by atoms with E-state index in [1.807, 2.05) is 0 Å². The second-order valence-corrected chi connectivity index (χ2v) is 4.73. The first-order valence-electron chi connectivity index (χ1n) is 5.83. The van der Waals surface area contributed by atoms with E-state index in [0.717, 1.165) is 6.07 Å². The van der Waals surface area contributed by atoms with Crippen LogP contribution in [0.25, 0.3) is 10.9 Å². The zero-order valence-corrected chi connectivity index (χ0v) is 10.8. The summed E-state index contributed by atoms with van der Waals surface area (Å²) in [5.74, 6) is -1.64. The van der Waals surface area contributed by atoms with Crippen molar-refractivity contribution in [2.75, 3.05) is 0 Å². The highest BCUT2D eigenvalue weighted by Crippen LogP contribution is 2.25. The second kappa shape index (κ2) is 4.72. The van der Waals surface area contributed by atoms with Gasteiger partial charge in [0.1, 0.15) is 11.6 Å². The quantitative estimate of drug-likeness (QED) is 0.700. The maximum Gasteiger partial charge on any atom is 0.195 e. The Morgan fingerprint density at radius 3 is 2.65 bits per heavy atom. The van der Waals surface area contributed by atoms with Gasteiger partial charge in [0.2, 0.25) is 0 Å². The van der Waals surface area contributed by atoms with Gasteiger partial charge >= 0.3 is 0 Å². The molecule has 3 aromatic rings. The lowest BCUT2D eigenvalue weighted by Gasteiger charge is -2.02. The molecule has 0 saturated carbocycles. The van der Waals surface area contributed by atoms with Gasteiger partial charge in [-0.15, -0.1) is 0 Å². The van der Waals surface area contributed by atoms with Gasteiger partial charge in [0.05, 0.1) is 10.6 Å². The van der Waals surface area contributed by atoms with E-state index in [9.17, 15) is 13.6 Å². The fraction of sp³-hybridized carbons (Fsp3) is 0. The molecule has 0 unspecified atom stereocenters. The Balaban J connectivity index is 2.15. The van der Waals surface area contributed by atoms with Crippen LogP contribution >= 0.6 is 11.6 Å². The van der Waals surface area contributed by atoms with E-state index in [1.165, 1.54) is 24.4 Å². The summed E-state index contributed by atoms with van der Waals surface area (Å²) >= 11 is 5.58. The first kappa shape index (κ1) is 12.8. The van der Waals surface area contributed by atoms with Crippen molar-refractivity contribution in [2.24, 2.45) is 0 Å². The molecule has 0 bridgehead atoms. The van der Waals surface area contributed by atoms with Crippen LogP contribution in [0, 0.1) is 11.6 Å². The number of aromatic amines is 1. The van der Waals surface area contributed by atoms with Gasteiger partial charge in [0.25, 0.3) is 0 Å². The van der Waals surface area contributed by atoms with E-state index in [-0.39, 0.29) is 21.5 Å². The molecule has 0 aliphatic rings. The van der Waals surface area contributed by atoms with Crippen molar-refractivity contribution in [1.29, 1.82) is 0 Å². The topological polar surface area (TPSA) is 32.9 Å². The molecule has 0 amide bonds. The van der Waals surface area contributed by atoms with E-state index in [2.05, 4.69) is 4.98 Å². The van der Waals surface area contributed by atoms with E-state index in [0.29, 0.717) is 5.52 Å². The lowest BCUT2D eigenvalue weighted by Crippen LogP contribution is -2.01. The van der Waals surface area contributed by atoms with Gasteiger partial charge in [-0.1, -0.05) is 17.7 Å². The van der Waals surface area contributed by atoms with Crippen LogP contribution in [0.15, 0.2) is 42.6 Å². The maximum atomic E-state index is 13.8. The number of ketones is 1. The first-order valence-corrected chi connectivity index (χ1v) is 6.21. The zero-order valence-electron chi connectivity index (χ0n) is 10.1. The molecule has 3 rings (SSSR count). The predicted molar refractivity (Wildman–Crippen MR) is 73.1 cm³/mol. The molecule has 1 N–H and O–H groups in total. The van der Waals surface area contributed by atoms with Crippen molar-refractivity contribution in [3.05, 3.63) is 70.4 Å². The highest BCUT2D eigenvalue weighted by molar-refractivity contribution is 6.31. The molecular weight excluding hydrogens is 284 g/mol. The van der Waals surface area contributed by atoms with Gasteiger partial charge in [-0.2, -0.15) is 0 Å². The molecule has 1 aromatic heterocycles. The number of aromatic nitrogens is 1. The summed E-state index contributed by atoms with van der Waals surface area (Å²) in [7, 11) is 0. The minimum atomic E-state index is -0.683. The van der Waals surface area contributed by atoms with Crippen molar-refractivity contribution in [2.45, 2.75) is 0 Å². The number of carbonyl (C=O) groups excluding carboxylic acids is 1. The van der Waals surface area contributed by atoms with Crippen LogP contribution in [0.3, 0.4) is 0 Å². The average Bonchev–Trinajstić information content (AvgIpc) is 2.86. The van der Waals surface area contributed by atoms with Crippen LogP contribution in [0.1, 0.15) is 15.9 Å². The summed E-state index contributed by atoms with van der Waals surface area (Å²) in [5.41, 5.74) is 0.804. The Kier molecular flexibility index (Phi) is 3.03. The molecule has 100 valence electrons. The zero-order chi connectivity index (χ0) is 14.3. The van der Waals surface area contributed by atoms with Gasteiger partial charge < -0.3 is 4.98 Å². The van der Waals surface area contributed by atoms with E-state index < -0.39 is 17.4 Å². The van der Waals surface area contributed by atoms with Crippen LogP contribution in [0.4, 0.5) is 8.78 Å². The highest BCUT2D eigenvalue weighted by atomic mass is 35.5. The largest absolute Gasteiger partial charge is 0.360 e. The number of halogens is 3. The Labute approximate surface area is 118 Å². The van der Waals surface area contributed by atoms with Crippen molar-refractivity contribution >= 4 is 28.3 Å². The summed E-state index contributed by atoms with van der Waals surface area (Å²) in [4.78, 5) is 15.2. The van der Waals surface area contributed by atoms with E-state index in [1.54, 1.807) is 12.1 Å². The summed E-state index contributed by atoms with van der Waals surface area (Å²) in [6, 6.07) is 8.24. The maximum absolute atomic E-state index is 13.8. The van der Waals surface area contributed by atoms with Gasteiger partial charge in [0.15, 0.2) is 5.78 Å². The normalized spacial score (nSPS) is 10.9. The third-order valence-electron chi connectivity index (χ3n) is 3.08. The average molecular weight is 292 g/mol. The van der Waals surface area contributed by atoms with Crippen LogP contribution < -0.4 is 0 Å². The number of hydrogen-bond acceptors (Lipinski definition) is 1. The number of carbonyl (C=O) groups is 1. The number of fused-ring (bicyclic) bond motifs is 1. The van der Waals surface area contributed by atoms with Crippen molar-refractivity contribution in [3.8, 4) is 0 Å². The third-order valence-corrected chi connectivity index (χ3v) is 3.39. The van der Waals surface area contributed by atoms with Gasteiger partial charge in [-0.3, -0.25) is 4.79 Å². The van der Waals surface area contributed by atoms with Gasteiger partial charge in [-0.05, 0) is 30.3 Å². The van der Waals surface area contributed by atoms with Crippen molar-refractivity contribution < 1.29 is 13.6 Å². The SMILES string of the molecule is O=C(c1ccc(Cl)c(F)c1)c1c[nH]c2cccc(F)c12. The van der Waals surface area contributed by atoms with Crippen LogP contribution in [0.5, 0.6) is 0 Å². The van der Waals surface area contributed by atoms with E-state index >= 15 is 0 Å². The molecule has 0 saturated heterocycles. The number of hydrogen-bond donors (Lipinski definition) is 1.